The molecule has 0 aliphatic carbocycles. The topological polar surface area (TPSA) is 65.7 Å². The lowest BCUT2D eigenvalue weighted by molar-refractivity contribution is -0.143. The van der Waals surface area contributed by atoms with E-state index in [1.165, 1.54) is 11.8 Å². The molecule has 1 rings (SSSR count). The molecular formula is C17H23N3O2S. The minimum absolute atomic E-state index is 0.247. The van der Waals surface area contributed by atoms with E-state index in [1.807, 2.05) is 30.3 Å². The molecule has 1 aromatic carbocycles. The second-order valence-corrected chi connectivity index (χ2v) is 5.48. The fourth-order valence-electron chi connectivity index (χ4n) is 2.12. The van der Waals surface area contributed by atoms with Gasteiger partial charge < -0.3 is 9.64 Å². The molecule has 0 aliphatic heterocycles. The van der Waals surface area contributed by atoms with Crippen molar-refractivity contribution in [3.63, 3.8) is 0 Å². The number of esters is 1. The summed E-state index contributed by atoms with van der Waals surface area (Å²) >= 11 is 1.29. The number of aliphatic imine (C=N–C) groups is 1. The van der Waals surface area contributed by atoms with Crippen LogP contribution in [0.15, 0.2) is 29.3 Å². The summed E-state index contributed by atoms with van der Waals surface area (Å²) < 4.78 is 4.93. The Kier molecular flexibility index (Phi) is 8.20. The van der Waals surface area contributed by atoms with Crippen molar-refractivity contribution in [2.75, 3.05) is 30.9 Å². The number of ether oxygens (including phenoxy) is 1. The lowest BCUT2D eigenvalue weighted by Gasteiger charge is -2.20. The maximum atomic E-state index is 11.8. The molecule has 0 heterocycles. The van der Waals surface area contributed by atoms with Crippen molar-refractivity contribution in [1.82, 2.24) is 0 Å². The molecule has 0 radical (unpaired) electrons. The van der Waals surface area contributed by atoms with Gasteiger partial charge in [0.05, 0.1) is 18.4 Å². The van der Waals surface area contributed by atoms with Crippen LogP contribution < -0.4 is 4.90 Å². The Morgan fingerprint density at radius 1 is 1.30 bits per heavy atom. The Morgan fingerprint density at radius 2 is 1.91 bits per heavy atom. The van der Waals surface area contributed by atoms with Crippen LogP contribution >= 0.6 is 11.8 Å². The van der Waals surface area contributed by atoms with Gasteiger partial charge in [0.25, 0.3) is 0 Å². The molecule has 0 N–H and O–H groups in total. The second kappa shape index (κ2) is 9.90. The van der Waals surface area contributed by atoms with Crippen LogP contribution in [0.25, 0.3) is 0 Å². The van der Waals surface area contributed by atoms with Crippen LogP contribution in [0.5, 0.6) is 0 Å². The number of nitrogens with zero attached hydrogens (tertiary/aromatic N) is 3. The normalized spacial score (nSPS) is 12.4. The molecular weight excluding hydrogens is 310 g/mol. The second-order valence-electron chi connectivity index (χ2n) is 4.66. The molecule has 0 spiro atoms. The number of hydrogen-bond donors (Lipinski definition) is 0. The maximum Gasteiger partial charge on any atom is 0.330 e. The molecule has 0 saturated carbocycles. The van der Waals surface area contributed by atoms with E-state index in [1.54, 1.807) is 13.2 Å². The van der Waals surface area contributed by atoms with Gasteiger partial charge in [0.15, 0.2) is 5.92 Å². The van der Waals surface area contributed by atoms with Crippen LogP contribution in [-0.2, 0) is 9.53 Å². The molecule has 124 valence electrons. The summed E-state index contributed by atoms with van der Waals surface area (Å²) in [5, 5.41) is 9.68. The van der Waals surface area contributed by atoms with Gasteiger partial charge in [0.2, 0.25) is 0 Å². The average molecular weight is 333 g/mol. The number of carbonyl (C=O) groups is 1. The van der Waals surface area contributed by atoms with Gasteiger partial charge in [0.1, 0.15) is 5.04 Å². The van der Waals surface area contributed by atoms with Crippen LogP contribution in [0.1, 0.15) is 20.8 Å². The van der Waals surface area contributed by atoms with Crippen LogP contribution in [0, 0.1) is 17.2 Å². The van der Waals surface area contributed by atoms with E-state index < -0.39 is 11.9 Å². The Labute approximate surface area is 142 Å². The quantitative estimate of drug-likeness (QED) is 0.433. The summed E-state index contributed by atoms with van der Waals surface area (Å²) in [5.41, 5.74) is 1.84. The Bertz CT molecular complexity index is 574. The van der Waals surface area contributed by atoms with Crippen molar-refractivity contribution in [2.24, 2.45) is 10.9 Å². The molecule has 1 aromatic rings. The largest absolute Gasteiger partial charge is 0.465 e. The number of nitriles is 1. The van der Waals surface area contributed by atoms with Gasteiger partial charge in [-0.15, -0.1) is 11.8 Å². The third-order valence-corrected chi connectivity index (χ3v) is 4.07. The van der Waals surface area contributed by atoms with Crippen molar-refractivity contribution in [3.05, 3.63) is 24.3 Å². The van der Waals surface area contributed by atoms with Gasteiger partial charge in [-0.1, -0.05) is 0 Å². The van der Waals surface area contributed by atoms with E-state index in [4.69, 9.17) is 4.74 Å². The highest BCUT2D eigenvalue weighted by atomic mass is 32.2. The highest BCUT2D eigenvalue weighted by Gasteiger charge is 2.25. The molecule has 5 nitrogen and oxygen atoms in total. The van der Waals surface area contributed by atoms with Gasteiger partial charge in [0, 0.05) is 18.8 Å². The average Bonchev–Trinajstić information content (AvgIpc) is 2.57. The molecule has 0 saturated heterocycles. The Morgan fingerprint density at radius 3 is 2.35 bits per heavy atom. The minimum atomic E-state index is -0.979. The first kappa shape index (κ1) is 19.0. The first-order valence-electron chi connectivity index (χ1n) is 7.64. The SMILES string of the molecule is CCOC(=O)C(C#N)C(=Nc1ccc(N(CC)CC)cc1)SC. The predicted molar refractivity (Wildman–Crippen MR) is 96.3 cm³/mol. The summed E-state index contributed by atoms with van der Waals surface area (Å²) in [6, 6.07) is 9.75. The summed E-state index contributed by atoms with van der Waals surface area (Å²) in [6.45, 7) is 8.06. The Balaban J connectivity index is 3.02. The van der Waals surface area contributed by atoms with Gasteiger partial charge in [-0.25, -0.2) is 4.99 Å². The first-order valence-corrected chi connectivity index (χ1v) is 8.87. The van der Waals surface area contributed by atoms with E-state index >= 15 is 0 Å². The lowest BCUT2D eigenvalue weighted by Crippen LogP contribution is -2.22. The zero-order chi connectivity index (χ0) is 17.2. The van der Waals surface area contributed by atoms with Gasteiger partial charge >= 0.3 is 5.97 Å². The predicted octanol–water partition coefficient (Wildman–Crippen LogP) is 3.63. The lowest BCUT2D eigenvalue weighted by atomic mass is 10.2. The van der Waals surface area contributed by atoms with Crippen molar-refractivity contribution in [3.8, 4) is 6.07 Å². The third-order valence-electron chi connectivity index (χ3n) is 3.33. The standard InChI is InChI=1S/C17H23N3O2S/c1-5-20(6-2)14-10-8-13(9-11-14)19-16(23-4)15(12-18)17(21)22-7-3/h8-11,15H,5-7H2,1-4H3. The number of benzene rings is 1. The zero-order valence-electron chi connectivity index (χ0n) is 14.1. The molecule has 0 amide bonds. The molecule has 1 unspecified atom stereocenters. The van der Waals surface area contributed by atoms with Crippen molar-refractivity contribution in [1.29, 1.82) is 5.26 Å². The van der Waals surface area contributed by atoms with E-state index in [0.29, 0.717) is 5.04 Å². The van der Waals surface area contributed by atoms with E-state index in [-0.39, 0.29) is 6.61 Å². The maximum absolute atomic E-state index is 11.8. The number of hydrogen-bond acceptors (Lipinski definition) is 6. The summed E-state index contributed by atoms with van der Waals surface area (Å²) in [5.74, 6) is -1.53. The molecule has 6 heteroatoms. The molecule has 0 aliphatic rings. The monoisotopic (exact) mass is 333 g/mol. The van der Waals surface area contributed by atoms with Crippen LogP contribution in [-0.4, -0.2) is 37.0 Å². The van der Waals surface area contributed by atoms with Gasteiger partial charge in [-0.05, 0) is 51.3 Å². The third kappa shape index (κ3) is 5.29. The number of thioether (sulfide) groups is 1. The molecule has 0 fully saturated rings. The molecule has 0 aromatic heterocycles. The fraction of sp³-hybridized carbons (Fsp3) is 0.471. The minimum Gasteiger partial charge on any atom is -0.465 e. The van der Waals surface area contributed by atoms with Gasteiger partial charge in [-0.2, -0.15) is 5.26 Å². The van der Waals surface area contributed by atoms with Crippen LogP contribution in [0.4, 0.5) is 11.4 Å². The smallest absolute Gasteiger partial charge is 0.330 e. The van der Waals surface area contributed by atoms with Crippen molar-refractivity contribution < 1.29 is 9.53 Å². The van der Waals surface area contributed by atoms with E-state index in [9.17, 15) is 10.1 Å². The molecule has 1 atom stereocenters. The van der Waals surface area contributed by atoms with Crippen molar-refractivity contribution >= 4 is 34.1 Å². The number of rotatable bonds is 7. The summed E-state index contributed by atoms with van der Waals surface area (Å²) in [7, 11) is 0. The van der Waals surface area contributed by atoms with Crippen LogP contribution in [0.3, 0.4) is 0 Å². The zero-order valence-corrected chi connectivity index (χ0v) is 14.9. The number of anilines is 1. The highest BCUT2D eigenvalue weighted by molar-refractivity contribution is 8.13. The van der Waals surface area contributed by atoms with Crippen LogP contribution in [0.2, 0.25) is 0 Å². The van der Waals surface area contributed by atoms with Gasteiger partial charge in [-0.3, -0.25) is 4.79 Å². The fourth-order valence-corrected chi connectivity index (χ4v) is 2.70. The molecule has 23 heavy (non-hydrogen) atoms. The summed E-state index contributed by atoms with van der Waals surface area (Å²) in [4.78, 5) is 18.5. The van der Waals surface area contributed by atoms with E-state index in [0.717, 1.165) is 24.5 Å². The highest BCUT2D eigenvalue weighted by Crippen LogP contribution is 2.23. The molecule has 0 bridgehead atoms. The number of carbonyl (C=O) groups excluding carboxylic acids is 1. The van der Waals surface area contributed by atoms with E-state index in [2.05, 4.69) is 23.7 Å². The van der Waals surface area contributed by atoms with Crippen molar-refractivity contribution in [2.45, 2.75) is 20.8 Å². The Hall–Kier alpha value is -2.00. The summed E-state index contributed by atoms with van der Waals surface area (Å²) in [6.07, 6.45) is 1.80. The first-order chi connectivity index (χ1) is 11.1.